The highest BCUT2D eigenvalue weighted by atomic mass is 35.5. The van der Waals surface area contributed by atoms with Gasteiger partial charge in [-0.1, -0.05) is 51.3 Å². The minimum Gasteiger partial charge on any atom is -0.371 e. The molecule has 0 aliphatic heterocycles. The maximum atomic E-state index is 6.51. The van der Waals surface area contributed by atoms with E-state index in [0.29, 0.717) is 6.04 Å². The summed E-state index contributed by atoms with van der Waals surface area (Å²) >= 11 is 6.51. The highest BCUT2D eigenvalue weighted by molar-refractivity contribution is 6.31. The fourth-order valence-corrected chi connectivity index (χ4v) is 2.89. The molecule has 0 radical (unpaired) electrons. The van der Waals surface area contributed by atoms with Crippen LogP contribution >= 0.6 is 11.6 Å². The first kappa shape index (κ1) is 18.3. The van der Waals surface area contributed by atoms with Gasteiger partial charge < -0.3 is 10.2 Å². The van der Waals surface area contributed by atoms with Crippen LogP contribution in [0.5, 0.6) is 0 Å². The third kappa shape index (κ3) is 5.88. The summed E-state index contributed by atoms with van der Waals surface area (Å²) in [5.74, 6) is 0. The van der Waals surface area contributed by atoms with Crippen LogP contribution in [0.25, 0.3) is 0 Å². The quantitative estimate of drug-likeness (QED) is 0.621. The Labute approximate surface area is 135 Å². The van der Waals surface area contributed by atoms with Crippen LogP contribution < -0.4 is 10.2 Å². The van der Waals surface area contributed by atoms with Crippen molar-refractivity contribution < 1.29 is 0 Å². The third-order valence-electron chi connectivity index (χ3n) is 3.89. The molecule has 0 amide bonds. The summed E-state index contributed by atoms with van der Waals surface area (Å²) in [6, 6.07) is 6.84. The Kier molecular flexibility index (Phi) is 8.79. The number of benzene rings is 1. The number of halogens is 1. The van der Waals surface area contributed by atoms with Gasteiger partial charge in [0.15, 0.2) is 0 Å². The summed E-state index contributed by atoms with van der Waals surface area (Å²) in [6.07, 6.45) is 4.92. The second-order valence-corrected chi connectivity index (χ2v) is 6.09. The zero-order valence-electron chi connectivity index (χ0n) is 14.1. The van der Waals surface area contributed by atoms with E-state index in [1.165, 1.54) is 36.9 Å². The van der Waals surface area contributed by atoms with Gasteiger partial charge in [0.05, 0.1) is 0 Å². The van der Waals surface area contributed by atoms with Gasteiger partial charge in [-0.3, -0.25) is 0 Å². The fraction of sp³-hybridized carbons (Fsp3) is 0.667. The zero-order chi connectivity index (χ0) is 15.7. The van der Waals surface area contributed by atoms with Crippen molar-refractivity contribution >= 4 is 17.3 Å². The van der Waals surface area contributed by atoms with Crippen molar-refractivity contribution in [1.29, 1.82) is 0 Å². The number of nitrogens with one attached hydrogen (secondary N) is 1. The van der Waals surface area contributed by atoms with Crippen LogP contribution in [0.15, 0.2) is 18.2 Å². The first-order chi connectivity index (χ1) is 10.1. The Hall–Kier alpha value is -0.730. The molecule has 21 heavy (non-hydrogen) atoms. The Morgan fingerprint density at radius 1 is 1.10 bits per heavy atom. The second kappa shape index (κ2) is 10.1. The number of nitrogens with zero attached hydrogens (tertiary/aromatic N) is 1. The molecule has 0 saturated carbocycles. The van der Waals surface area contributed by atoms with Crippen LogP contribution in [0.4, 0.5) is 5.69 Å². The van der Waals surface area contributed by atoms with E-state index in [4.69, 9.17) is 11.6 Å². The van der Waals surface area contributed by atoms with E-state index in [9.17, 15) is 0 Å². The lowest BCUT2D eigenvalue weighted by Gasteiger charge is -2.26. The topological polar surface area (TPSA) is 15.3 Å². The number of hydrogen-bond acceptors (Lipinski definition) is 2. The molecule has 1 aromatic carbocycles. The van der Waals surface area contributed by atoms with Gasteiger partial charge >= 0.3 is 0 Å². The van der Waals surface area contributed by atoms with Crippen LogP contribution in [0.3, 0.4) is 0 Å². The van der Waals surface area contributed by atoms with Crippen molar-refractivity contribution in [3.8, 4) is 0 Å². The molecular weight excluding hydrogens is 280 g/mol. The summed E-state index contributed by atoms with van der Waals surface area (Å²) in [5, 5.41) is 4.30. The molecule has 1 atom stereocenters. The lowest BCUT2D eigenvalue weighted by Crippen LogP contribution is -2.25. The van der Waals surface area contributed by atoms with Crippen molar-refractivity contribution in [1.82, 2.24) is 5.32 Å². The van der Waals surface area contributed by atoms with E-state index in [2.05, 4.69) is 56.1 Å². The molecular formula is C18H31ClN2. The Bertz CT molecular complexity index is 398. The van der Waals surface area contributed by atoms with Crippen molar-refractivity contribution in [3.63, 3.8) is 0 Å². The molecule has 1 aromatic rings. The molecule has 1 rings (SSSR count). The predicted molar refractivity (Wildman–Crippen MR) is 95.6 cm³/mol. The lowest BCUT2D eigenvalue weighted by atomic mass is 10.1. The van der Waals surface area contributed by atoms with E-state index < -0.39 is 0 Å². The van der Waals surface area contributed by atoms with Crippen molar-refractivity contribution in [3.05, 3.63) is 28.8 Å². The molecule has 0 aliphatic rings. The Morgan fingerprint density at radius 3 is 2.19 bits per heavy atom. The van der Waals surface area contributed by atoms with Crippen molar-refractivity contribution in [2.45, 2.75) is 59.4 Å². The maximum absolute atomic E-state index is 6.51. The smallest absolute Gasteiger partial charge is 0.0474 e. The van der Waals surface area contributed by atoms with Crippen LogP contribution in [0, 0.1) is 0 Å². The summed E-state index contributed by atoms with van der Waals surface area (Å²) in [6.45, 7) is 12.0. The van der Waals surface area contributed by atoms with Gasteiger partial charge in [-0.25, -0.2) is 0 Å². The highest BCUT2D eigenvalue weighted by Crippen LogP contribution is 2.28. The van der Waals surface area contributed by atoms with Gasteiger partial charge in [-0.2, -0.15) is 0 Å². The van der Waals surface area contributed by atoms with Crippen molar-refractivity contribution in [2.75, 3.05) is 24.5 Å². The molecule has 2 nitrogen and oxygen atoms in total. The van der Waals surface area contributed by atoms with E-state index in [1.807, 2.05) is 0 Å². The molecule has 0 aromatic heterocycles. The normalized spacial score (nSPS) is 12.4. The number of unbranched alkanes of at least 4 members (excludes halogenated alkanes) is 2. The standard InChI is InChI=1S/C18H31ClN2/c1-5-8-12-21(13-9-6-2)16-10-11-17(18(19)14-16)15(4)20-7-3/h10-11,14-15,20H,5-9,12-13H2,1-4H3. The average molecular weight is 311 g/mol. The highest BCUT2D eigenvalue weighted by Gasteiger charge is 2.12. The van der Waals surface area contributed by atoms with Gasteiger partial charge in [0.25, 0.3) is 0 Å². The lowest BCUT2D eigenvalue weighted by molar-refractivity contribution is 0.598. The van der Waals surface area contributed by atoms with Gasteiger partial charge in [0.2, 0.25) is 0 Å². The van der Waals surface area contributed by atoms with E-state index in [0.717, 1.165) is 24.7 Å². The first-order valence-corrected chi connectivity index (χ1v) is 8.79. The summed E-state index contributed by atoms with van der Waals surface area (Å²) in [7, 11) is 0. The molecule has 1 N–H and O–H groups in total. The molecule has 3 heteroatoms. The predicted octanol–water partition coefficient (Wildman–Crippen LogP) is 5.42. The van der Waals surface area contributed by atoms with E-state index >= 15 is 0 Å². The Morgan fingerprint density at radius 2 is 1.71 bits per heavy atom. The third-order valence-corrected chi connectivity index (χ3v) is 4.22. The van der Waals surface area contributed by atoms with E-state index in [1.54, 1.807) is 0 Å². The molecule has 0 fully saturated rings. The molecule has 0 aliphatic carbocycles. The monoisotopic (exact) mass is 310 g/mol. The SMILES string of the molecule is CCCCN(CCCC)c1ccc(C(C)NCC)c(Cl)c1. The summed E-state index contributed by atoms with van der Waals surface area (Å²) in [4.78, 5) is 2.47. The van der Waals surface area contributed by atoms with E-state index in [-0.39, 0.29) is 0 Å². The van der Waals surface area contributed by atoms with Gasteiger partial charge in [0.1, 0.15) is 0 Å². The summed E-state index contributed by atoms with van der Waals surface area (Å²) in [5.41, 5.74) is 2.45. The average Bonchev–Trinajstić information content (AvgIpc) is 2.47. The van der Waals surface area contributed by atoms with Crippen LogP contribution in [-0.2, 0) is 0 Å². The largest absolute Gasteiger partial charge is 0.371 e. The van der Waals surface area contributed by atoms with Crippen LogP contribution in [0.1, 0.15) is 65.0 Å². The zero-order valence-corrected chi connectivity index (χ0v) is 14.8. The number of hydrogen-bond donors (Lipinski definition) is 1. The summed E-state index contributed by atoms with van der Waals surface area (Å²) < 4.78 is 0. The minimum absolute atomic E-state index is 0.302. The van der Waals surface area contributed by atoms with Crippen LogP contribution in [-0.4, -0.2) is 19.6 Å². The molecule has 0 saturated heterocycles. The van der Waals surface area contributed by atoms with Gasteiger partial charge in [-0.05, 0) is 44.0 Å². The molecule has 0 spiro atoms. The molecule has 120 valence electrons. The number of rotatable bonds is 10. The Balaban J connectivity index is 2.86. The number of anilines is 1. The van der Waals surface area contributed by atoms with Gasteiger partial charge in [0, 0.05) is 29.8 Å². The van der Waals surface area contributed by atoms with Crippen molar-refractivity contribution in [2.24, 2.45) is 0 Å². The molecule has 0 bridgehead atoms. The van der Waals surface area contributed by atoms with Gasteiger partial charge in [-0.15, -0.1) is 0 Å². The molecule has 0 heterocycles. The minimum atomic E-state index is 0.302. The fourth-order valence-electron chi connectivity index (χ4n) is 2.55. The first-order valence-electron chi connectivity index (χ1n) is 8.41. The van der Waals surface area contributed by atoms with Crippen LogP contribution in [0.2, 0.25) is 5.02 Å². The second-order valence-electron chi connectivity index (χ2n) is 5.68. The maximum Gasteiger partial charge on any atom is 0.0474 e. The molecule has 1 unspecified atom stereocenters.